The Labute approximate surface area is 113 Å². The molecule has 4 atom stereocenters. The van der Waals surface area contributed by atoms with E-state index < -0.39 is 11.9 Å². The Morgan fingerprint density at radius 1 is 1.53 bits per heavy atom. The van der Waals surface area contributed by atoms with E-state index in [4.69, 9.17) is 17.9 Å². The van der Waals surface area contributed by atoms with Crippen LogP contribution in [0.2, 0.25) is 0 Å². The van der Waals surface area contributed by atoms with E-state index in [1.165, 1.54) is 4.57 Å². The van der Waals surface area contributed by atoms with E-state index in [9.17, 15) is 4.79 Å². The molecule has 2 N–H and O–H groups in total. The topological polar surface area (TPSA) is 91.9 Å². The molecular weight excluding hydrogens is 418 g/mol. The summed E-state index contributed by atoms with van der Waals surface area (Å²) >= 11 is 0.473. The van der Waals surface area contributed by atoms with Gasteiger partial charge in [0, 0.05) is 0 Å². The van der Waals surface area contributed by atoms with Crippen LogP contribution in [-0.4, -0.2) is 60.7 Å². The predicted octanol–water partition coefficient (Wildman–Crippen LogP) is -1.41. The molecule has 0 radical (unpaired) electrons. The Bertz CT molecular complexity index is 493. The van der Waals surface area contributed by atoms with Crippen LogP contribution in [0, 0.1) is 0 Å². The van der Waals surface area contributed by atoms with E-state index in [-0.39, 0.29) is 24.1 Å². The molecule has 0 saturated carbocycles. The van der Waals surface area contributed by atoms with Crippen molar-refractivity contribution in [1.82, 2.24) is 9.55 Å². The Kier molecular flexibility index (Phi) is 2.92. The first-order valence-corrected chi connectivity index (χ1v) is 7.01. The zero-order valence-electron chi connectivity index (χ0n) is 8.85. The number of nitrogens with two attached hydrogens (primary N) is 1. The van der Waals surface area contributed by atoms with Gasteiger partial charge in [-0.1, -0.05) is 0 Å². The van der Waals surface area contributed by atoms with E-state index in [2.05, 4.69) is 4.98 Å². The van der Waals surface area contributed by atoms with Crippen molar-refractivity contribution in [3.8, 4) is 0 Å². The summed E-state index contributed by atoms with van der Waals surface area (Å²) in [6, 6.07) is 1.57. The molecule has 3 heterocycles. The average Bonchev–Trinajstić information content (AvgIpc) is 2.99. The molecule has 3 rings (SSSR count). The van der Waals surface area contributed by atoms with Crippen LogP contribution in [-0.2, 0) is 12.2 Å². The number of ether oxygens (including phenoxy) is 2. The molecule has 0 amide bonds. The van der Waals surface area contributed by atoms with Gasteiger partial charge in [-0.05, 0) is 0 Å². The van der Waals surface area contributed by atoms with Crippen LogP contribution in [0.3, 0.4) is 0 Å². The molecule has 2 aliphatic heterocycles. The third-order valence-corrected chi connectivity index (χ3v) is 3.66. The summed E-state index contributed by atoms with van der Waals surface area (Å²) < 4.78 is 17.8. The van der Waals surface area contributed by atoms with Crippen molar-refractivity contribution < 1.29 is 12.2 Å². The molecule has 0 spiro atoms. The molecule has 1 aromatic rings. The zero-order valence-corrected chi connectivity index (χ0v) is 13.3. The quantitative estimate of drug-likeness (QED) is 0.470. The first-order valence-electron chi connectivity index (χ1n) is 5.18. The first-order chi connectivity index (χ1) is 8.20. The van der Waals surface area contributed by atoms with Gasteiger partial charge in [0.25, 0.3) is 0 Å². The molecule has 0 bridgehead atoms. The summed E-state index contributed by atoms with van der Waals surface area (Å²) in [5, 5.41) is 0. The second-order valence-electron chi connectivity index (χ2n) is 4.01. The maximum atomic E-state index is 11.7. The summed E-state index contributed by atoms with van der Waals surface area (Å²) in [6.45, 7) is 0.527. The van der Waals surface area contributed by atoms with Gasteiger partial charge in [-0.3, -0.25) is 0 Å². The molecule has 1 aromatic heterocycles. The van der Waals surface area contributed by atoms with E-state index in [0.717, 1.165) is 0 Å². The Morgan fingerprint density at radius 2 is 2.35 bits per heavy atom. The van der Waals surface area contributed by atoms with Gasteiger partial charge in [0.1, 0.15) is 0 Å². The summed E-state index contributed by atoms with van der Waals surface area (Å²) in [4.78, 5) is 15.3. The van der Waals surface area contributed by atoms with Gasteiger partial charge in [0.15, 0.2) is 0 Å². The second kappa shape index (κ2) is 4.30. The molecule has 0 aromatic carbocycles. The predicted molar refractivity (Wildman–Crippen MR) is 57.2 cm³/mol. The van der Waals surface area contributed by atoms with Crippen LogP contribution in [0.25, 0.3) is 0 Å². The third-order valence-electron chi connectivity index (χ3n) is 2.91. The number of fused-ring (bicyclic) bond motifs is 1. The molecule has 2 fully saturated rings. The summed E-state index contributed by atoms with van der Waals surface area (Å²) in [6.07, 6.45) is 1.07. The normalized spacial score (nSPS) is 34.5. The summed E-state index contributed by atoms with van der Waals surface area (Å²) in [7, 11) is 0. The van der Waals surface area contributed by atoms with E-state index in [0.29, 0.717) is 32.8 Å². The zero-order chi connectivity index (χ0) is 12.0. The van der Waals surface area contributed by atoms with Crippen LogP contribution in [0.5, 0.6) is 0 Å². The Balaban J connectivity index is 1.84. The summed E-state index contributed by atoms with van der Waals surface area (Å²) in [5.74, 6) is 0.207. The van der Waals surface area contributed by atoms with E-state index >= 15 is 0 Å². The monoisotopic (exact) mass is 429 g/mol. The van der Waals surface area contributed by atoms with Crippen LogP contribution in [0.15, 0.2) is 17.1 Å². The minimum absolute atomic E-state index is 0.0446. The van der Waals surface area contributed by atoms with Crippen LogP contribution in [0.1, 0.15) is 6.23 Å². The summed E-state index contributed by atoms with van der Waals surface area (Å²) in [5.41, 5.74) is 5.02. The van der Waals surface area contributed by atoms with Crippen molar-refractivity contribution >= 4 is 32.0 Å². The van der Waals surface area contributed by atoms with Crippen molar-refractivity contribution in [2.24, 2.45) is 0 Å². The number of nitrogen functional groups attached to an aromatic ring is 1. The molecule has 7 nitrogen and oxygen atoms in total. The van der Waals surface area contributed by atoms with Gasteiger partial charge >= 0.3 is 113 Å². The SMILES string of the molecule is Nc1ccn([C@@H]2O[C@H](C[O][Tl])[C@@H]3O[C@@H]32)c(=O)n1. The molecule has 8 heteroatoms. The van der Waals surface area contributed by atoms with Gasteiger partial charge in [-0.25, -0.2) is 0 Å². The Morgan fingerprint density at radius 3 is 3.06 bits per heavy atom. The number of rotatable bonds is 3. The third kappa shape index (κ3) is 2.00. The molecule has 2 aliphatic rings. The molecule has 17 heavy (non-hydrogen) atoms. The van der Waals surface area contributed by atoms with E-state index in [1.807, 2.05) is 0 Å². The number of anilines is 1. The minimum atomic E-state index is -0.418. The van der Waals surface area contributed by atoms with Gasteiger partial charge in [0.2, 0.25) is 0 Å². The Hall–Kier alpha value is -0.518. The number of hydrogen-bond acceptors (Lipinski definition) is 6. The van der Waals surface area contributed by atoms with Crippen molar-refractivity contribution in [2.75, 3.05) is 12.3 Å². The second-order valence-corrected chi connectivity index (χ2v) is 5.30. The fourth-order valence-electron chi connectivity index (χ4n) is 2.07. The van der Waals surface area contributed by atoms with Crippen molar-refractivity contribution in [1.29, 1.82) is 0 Å². The van der Waals surface area contributed by atoms with Gasteiger partial charge in [-0.15, -0.1) is 0 Å². The first kappa shape index (κ1) is 11.6. The van der Waals surface area contributed by atoms with Crippen molar-refractivity contribution in [3.63, 3.8) is 0 Å². The molecule has 0 aliphatic carbocycles. The maximum absolute atomic E-state index is 11.7. The van der Waals surface area contributed by atoms with Crippen LogP contribution in [0.4, 0.5) is 5.82 Å². The number of epoxide rings is 1. The van der Waals surface area contributed by atoms with Gasteiger partial charge < -0.3 is 0 Å². The standard InChI is InChI=1S/C9H10N3O4.Tl/c10-5-1-2-12(9(14)11-5)8-7-6(16-7)4(3-13)15-8;/h1-2,4,6-8H,3H2,(H2,10,11,14);/q-1;+1/t4-,6+,7+,8-;/m1./s1. The van der Waals surface area contributed by atoms with Crippen LogP contribution < -0.4 is 11.4 Å². The molecular formula is C9H10N3O4Tl. The number of nitrogens with zero attached hydrogens (tertiary/aromatic N) is 2. The van der Waals surface area contributed by atoms with Gasteiger partial charge in [0.05, 0.1) is 0 Å². The van der Waals surface area contributed by atoms with Gasteiger partial charge in [-0.2, -0.15) is 0 Å². The van der Waals surface area contributed by atoms with Crippen molar-refractivity contribution in [3.05, 3.63) is 22.7 Å². The fourth-order valence-corrected chi connectivity index (χ4v) is 2.81. The number of aromatic nitrogens is 2. The number of hydrogen-bond donors (Lipinski definition) is 1. The molecule has 2 saturated heterocycles. The van der Waals surface area contributed by atoms with E-state index in [1.54, 1.807) is 12.3 Å². The van der Waals surface area contributed by atoms with Crippen LogP contribution >= 0.6 is 0 Å². The molecule has 88 valence electrons. The molecule has 0 unspecified atom stereocenters. The average molecular weight is 429 g/mol. The fraction of sp³-hybridized carbons (Fsp3) is 0.556. The van der Waals surface area contributed by atoms with Crippen molar-refractivity contribution in [2.45, 2.75) is 24.5 Å².